The summed E-state index contributed by atoms with van der Waals surface area (Å²) in [4.78, 5) is 12.2. The SMILES string of the molecule is CCN1CCCC1Cc1nc2cccnc2n1C1CCCNC1. The molecule has 2 aromatic rings. The number of likely N-dealkylation sites (N-methyl/N-ethyl adjacent to an activating group) is 1. The van der Waals surface area contributed by atoms with E-state index >= 15 is 0 Å². The molecule has 4 heterocycles. The van der Waals surface area contributed by atoms with Crippen LogP contribution in [0.2, 0.25) is 0 Å². The summed E-state index contributed by atoms with van der Waals surface area (Å²) >= 11 is 0. The van der Waals surface area contributed by atoms with Gasteiger partial charge >= 0.3 is 0 Å². The van der Waals surface area contributed by atoms with E-state index in [2.05, 4.69) is 32.8 Å². The monoisotopic (exact) mass is 313 g/mol. The Hall–Kier alpha value is -1.46. The standard InChI is InChI=1S/C18H27N5/c1-2-22-11-5-7-14(22)12-17-21-16-8-4-10-20-18(16)23(17)15-6-3-9-19-13-15/h4,8,10,14-15,19H,2-3,5-7,9,11-13H2,1H3. The van der Waals surface area contributed by atoms with Gasteiger partial charge in [0.25, 0.3) is 0 Å². The fourth-order valence-electron chi connectivity index (χ4n) is 4.31. The van der Waals surface area contributed by atoms with E-state index in [-0.39, 0.29) is 0 Å². The molecule has 2 atom stereocenters. The summed E-state index contributed by atoms with van der Waals surface area (Å²) in [7, 11) is 0. The fourth-order valence-corrected chi connectivity index (χ4v) is 4.31. The molecule has 0 aromatic carbocycles. The maximum Gasteiger partial charge on any atom is 0.160 e. The minimum Gasteiger partial charge on any atom is -0.315 e. The molecule has 0 saturated carbocycles. The highest BCUT2D eigenvalue weighted by molar-refractivity contribution is 5.71. The minimum atomic E-state index is 0.495. The van der Waals surface area contributed by atoms with Gasteiger partial charge in [-0.3, -0.25) is 0 Å². The predicted molar refractivity (Wildman–Crippen MR) is 92.6 cm³/mol. The van der Waals surface area contributed by atoms with Gasteiger partial charge in [0.05, 0.1) is 0 Å². The second kappa shape index (κ2) is 6.57. The normalized spacial score (nSPS) is 26.1. The Morgan fingerprint density at radius 2 is 2.26 bits per heavy atom. The lowest BCUT2D eigenvalue weighted by Crippen LogP contribution is -2.35. The summed E-state index contributed by atoms with van der Waals surface area (Å²) in [5, 5.41) is 3.54. The number of piperidine rings is 1. The van der Waals surface area contributed by atoms with Gasteiger partial charge in [-0.25, -0.2) is 9.97 Å². The second-order valence-corrected chi connectivity index (χ2v) is 6.87. The third kappa shape index (κ3) is 2.88. The summed E-state index contributed by atoms with van der Waals surface area (Å²) in [6, 6.07) is 5.24. The van der Waals surface area contributed by atoms with Crippen molar-refractivity contribution in [2.24, 2.45) is 0 Å². The van der Waals surface area contributed by atoms with Gasteiger partial charge in [-0.05, 0) is 57.5 Å². The number of aromatic nitrogens is 3. The molecular formula is C18H27N5. The molecule has 0 aliphatic carbocycles. The lowest BCUT2D eigenvalue weighted by atomic mass is 10.1. The smallest absolute Gasteiger partial charge is 0.160 e. The Balaban J connectivity index is 1.69. The molecule has 0 bridgehead atoms. The minimum absolute atomic E-state index is 0.495. The number of nitrogens with one attached hydrogen (secondary N) is 1. The van der Waals surface area contributed by atoms with E-state index < -0.39 is 0 Å². The van der Waals surface area contributed by atoms with Gasteiger partial charge in [0.15, 0.2) is 5.65 Å². The van der Waals surface area contributed by atoms with E-state index in [9.17, 15) is 0 Å². The largest absolute Gasteiger partial charge is 0.315 e. The number of nitrogens with zero attached hydrogens (tertiary/aromatic N) is 4. The highest BCUT2D eigenvalue weighted by Crippen LogP contribution is 2.27. The molecular weight excluding hydrogens is 286 g/mol. The topological polar surface area (TPSA) is 46.0 Å². The molecule has 0 amide bonds. The summed E-state index contributed by atoms with van der Waals surface area (Å²) in [6.07, 6.45) is 8.04. The molecule has 2 fully saturated rings. The van der Waals surface area contributed by atoms with Crippen molar-refractivity contribution in [3.63, 3.8) is 0 Å². The van der Waals surface area contributed by atoms with Crippen LogP contribution in [0.4, 0.5) is 0 Å². The predicted octanol–water partition coefficient (Wildman–Crippen LogP) is 2.38. The highest BCUT2D eigenvalue weighted by atomic mass is 15.2. The zero-order valence-electron chi connectivity index (χ0n) is 14.0. The number of fused-ring (bicyclic) bond motifs is 1. The maximum absolute atomic E-state index is 4.97. The van der Waals surface area contributed by atoms with E-state index in [0.717, 1.165) is 37.2 Å². The van der Waals surface area contributed by atoms with Crippen molar-refractivity contribution in [2.45, 2.75) is 51.1 Å². The first-order valence-corrected chi connectivity index (χ1v) is 9.13. The molecule has 4 rings (SSSR count). The van der Waals surface area contributed by atoms with Gasteiger partial charge in [0.1, 0.15) is 11.3 Å². The van der Waals surface area contributed by atoms with Gasteiger partial charge in [-0.15, -0.1) is 0 Å². The van der Waals surface area contributed by atoms with Crippen LogP contribution in [0.5, 0.6) is 0 Å². The molecule has 2 saturated heterocycles. The van der Waals surface area contributed by atoms with Gasteiger partial charge in [0.2, 0.25) is 0 Å². The van der Waals surface area contributed by atoms with Crippen LogP contribution in [0.15, 0.2) is 18.3 Å². The molecule has 2 unspecified atom stereocenters. The van der Waals surface area contributed by atoms with Crippen LogP contribution >= 0.6 is 0 Å². The number of imidazole rings is 1. The van der Waals surface area contributed by atoms with Crippen LogP contribution in [0, 0.1) is 0 Å². The second-order valence-electron chi connectivity index (χ2n) is 6.87. The summed E-state index contributed by atoms with van der Waals surface area (Å²) in [5.41, 5.74) is 2.12. The van der Waals surface area contributed by atoms with Gasteiger partial charge in [0, 0.05) is 31.2 Å². The maximum atomic E-state index is 4.97. The molecule has 0 radical (unpaired) electrons. The van der Waals surface area contributed by atoms with Crippen molar-refractivity contribution in [2.75, 3.05) is 26.2 Å². The van der Waals surface area contributed by atoms with Crippen molar-refractivity contribution in [1.82, 2.24) is 24.8 Å². The molecule has 1 N–H and O–H groups in total. The number of hydrogen-bond acceptors (Lipinski definition) is 4. The number of pyridine rings is 1. The van der Waals surface area contributed by atoms with Crippen LogP contribution in [0.25, 0.3) is 11.2 Å². The van der Waals surface area contributed by atoms with E-state index in [1.807, 2.05) is 12.3 Å². The highest BCUT2D eigenvalue weighted by Gasteiger charge is 2.28. The number of likely N-dealkylation sites (tertiary alicyclic amines) is 1. The molecule has 2 aromatic heterocycles. The molecule has 2 aliphatic heterocycles. The van der Waals surface area contributed by atoms with Crippen molar-refractivity contribution < 1.29 is 0 Å². The first-order valence-electron chi connectivity index (χ1n) is 9.13. The van der Waals surface area contributed by atoms with Crippen LogP contribution in [0.3, 0.4) is 0 Å². The summed E-state index contributed by atoms with van der Waals surface area (Å²) in [6.45, 7) is 6.84. The van der Waals surface area contributed by atoms with Crippen molar-refractivity contribution >= 4 is 11.2 Å². The molecule has 5 heteroatoms. The summed E-state index contributed by atoms with van der Waals surface area (Å²) in [5.74, 6) is 1.23. The quantitative estimate of drug-likeness (QED) is 0.941. The zero-order valence-corrected chi connectivity index (χ0v) is 14.0. The van der Waals surface area contributed by atoms with Crippen LogP contribution in [-0.2, 0) is 6.42 Å². The van der Waals surface area contributed by atoms with E-state index in [4.69, 9.17) is 4.98 Å². The molecule has 0 spiro atoms. The van der Waals surface area contributed by atoms with Crippen molar-refractivity contribution in [1.29, 1.82) is 0 Å². The Kier molecular flexibility index (Phi) is 4.31. The fraction of sp³-hybridized carbons (Fsp3) is 0.667. The van der Waals surface area contributed by atoms with E-state index in [0.29, 0.717) is 12.1 Å². The van der Waals surface area contributed by atoms with Gasteiger partial charge in [-0.2, -0.15) is 0 Å². The average Bonchev–Trinajstić information content (AvgIpc) is 3.19. The Morgan fingerprint density at radius 1 is 1.30 bits per heavy atom. The summed E-state index contributed by atoms with van der Waals surface area (Å²) < 4.78 is 2.44. The Bertz CT molecular complexity index is 658. The molecule has 5 nitrogen and oxygen atoms in total. The van der Waals surface area contributed by atoms with E-state index in [1.165, 1.54) is 38.1 Å². The first kappa shape index (κ1) is 15.1. The first-order chi connectivity index (χ1) is 11.4. The van der Waals surface area contributed by atoms with Gasteiger partial charge in [-0.1, -0.05) is 6.92 Å². The van der Waals surface area contributed by atoms with Crippen LogP contribution in [-0.4, -0.2) is 51.7 Å². The number of hydrogen-bond donors (Lipinski definition) is 1. The van der Waals surface area contributed by atoms with E-state index in [1.54, 1.807) is 0 Å². The molecule has 23 heavy (non-hydrogen) atoms. The molecule has 124 valence electrons. The van der Waals surface area contributed by atoms with Crippen LogP contribution < -0.4 is 5.32 Å². The lowest BCUT2D eigenvalue weighted by Gasteiger charge is -2.28. The van der Waals surface area contributed by atoms with Gasteiger partial charge < -0.3 is 14.8 Å². The Morgan fingerprint density at radius 3 is 3.09 bits per heavy atom. The average molecular weight is 313 g/mol. The molecule has 2 aliphatic rings. The lowest BCUT2D eigenvalue weighted by molar-refractivity contribution is 0.258. The third-order valence-electron chi connectivity index (χ3n) is 5.48. The van der Waals surface area contributed by atoms with Crippen molar-refractivity contribution in [3.05, 3.63) is 24.2 Å². The number of rotatable bonds is 4. The van der Waals surface area contributed by atoms with Crippen molar-refractivity contribution in [3.8, 4) is 0 Å². The Labute approximate surface area is 138 Å². The van der Waals surface area contributed by atoms with Crippen LogP contribution in [0.1, 0.15) is 44.5 Å². The zero-order chi connectivity index (χ0) is 15.6. The third-order valence-corrected chi connectivity index (χ3v) is 5.48.